The van der Waals surface area contributed by atoms with Crippen LogP contribution in [0.5, 0.6) is 0 Å². The molecule has 3 N–H and O–H groups in total. The number of oxazole rings is 1. The first-order valence-electron chi connectivity index (χ1n) is 10.6. The van der Waals surface area contributed by atoms with E-state index >= 15 is 0 Å². The quantitative estimate of drug-likeness (QED) is 0.318. The Labute approximate surface area is 211 Å². The second-order valence-electron chi connectivity index (χ2n) is 7.44. The largest absolute Gasteiger partial charge is 0.443 e. The average Bonchev–Trinajstić information content (AvgIpc) is 3.35. The highest BCUT2D eigenvalue weighted by atomic mass is 35.5. The smallest absolute Gasteiger partial charge is 0.181 e. The lowest BCUT2D eigenvalue weighted by Gasteiger charge is -2.13. The Balaban J connectivity index is 1.68. The number of nitrogens with zero attached hydrogens (tertiary/aromatic N) is 5. The minimum atomic E-state index is 0.0337. The zero-order chi connectivity index (χ0) is 24.8. The molecule has 3 heterocycles. The molecule has 0 amide bonds. The number of rotatable bonds is 8. The lowest BCUT2D eigenvalue weighted by atomic mass is 9.98. The van der Waals surface area contributed by atoms with Crippen molar-refractivity contribution < 1.29 is 9.52 Å². The monoisotopic (exact) mass is 502 g/mol. The molecule has 174 valence electrons. The van der Waals surface area contributed by atoms with Crippen molar-refractivity contribution in [2.24, 2.45) is 0 Å². The van der Waals surface area contributed by atoms with Gasteiger partial charge in [-0.2, -0.15) is 10.5 Å². The zero-order valence-electron chi connectivity index (χ0n) is 18.4. The van der Waals surface area contributed by atoms with Crippen LogP contribution in [0.1, 0.15) is 28.9 Å². The summed E-state index contributed by atoms with van der Waals surface area (Å²) in [6.07, 6.45) is 4.19. The number of halogens is 1. The number of aliphatic hydroxyl groups excluding tert-OH is 1. The van der Waals surface area contributed by atoms with Crippen LogP contribution in [0.3, 0.4) is 0 Å². The molecule has 8 nitrogen and oxygen atoms in total. The van der Waals surface area contributed by atoms with E-state index in [1.54, 1.807) is 24.4 Å². The van der Waals surface area contributed by atoms with Gasteiger partial charge in [0.05, 0.1) is 11.3 Å². The minimum Gasteiger partial charge on any atom is -0.443 e. The summed E-state index contributed by atoms with van der Waals surface area (Å²) in [4.78, 5) is 13.1. The van der Waals surface area contributed by atoms with Gasteiger partial charge in [0.15, 0.2) is 12.2 Å². The summed E-state index contributed by atoms with van der Waals surface area (Å²) < 4.78 is 5.58. The van der Waals surface area contributed by atoms with Crippen molar-refractivity contribution in [3.05, 3.63) is 76.5 Å². The zero-order valence-corrected chi connectivity index (χ0v) is 20.0. The Bertz CT molecular complexity index is 1420. The summed E-state index contributed by atoms with van der Waals surface area (Å²) >= 11 is 7.26. The van der Waals surface area contributed by atoms with E-state index < -0.39 is 0 Å². The topological polar surface area (TPSA) is 146 Å². The number of hydrogen-bond acceptors (Lipinski definition) is 9. The van der Waals surface area contributed by atoms with Crippen LogP contribution >= 0.6 is 23.4 Å². The van der Waals surface area contributed by atoms with E-state index in [0.29, 0.717) is 51.2 Å². The molecule has 4 aromatic rings. The summed E-state index contributed by atoms with van der Waals surface area (Å²) in [6, 6.07) is 15.1. The number of anilines is 1. The number of benzene rings is 1. The lowest BCUT2D eigenvalue weighted by molar-refractivity contribution is 0.288. The molecule has 0 aliphatic heterocycles. The fourth-order valence-electron chi connectivity index (χ4n) is 3.52. The maximum absolute atomic E-state index is 10.0. The molecule has 35 heavy (non-hydrogen) atoms. The predicted molar refractivity (Wildman–Crippen MR) is 133 cm³/mol. The lowest BCUT2D eigenvalue weighted by Crippen LogP contribution is -2.04. The number of aryl methyl sites for hydroxylation is 1. The van der Waals surface area contributed by atoms with Gasteiger partial charge in [-0.25, -0.2) is 9.97 Å². The van der Waals surface area contributed by atoms with Crippen LogP contribution in [0, 0.1) is 22.7 Å². The Morgan fingerprint density at radius 1 is 1.03 bits per heavy atom. The normalized spacial score (nSPS) is 10.6. The molecule has 0 aliphatic rings. The summed E-state index contributed by atoms with van der Waals surface area (Å²) in [5.41, 5.74) is 9.76. The van der Waals surface area contributed by atoms with Gasteiger partial charge < -0.3 is 15.3 Å². The number of aliphatic hydroxyl groups is 1. The number of pyridine rings is 2. The van der Waals surface area contributed by atoms with Gasteiger partial charge in [-0.1, -0.05) is 29.4 Å². The van der Waals surface area contributed by atoms with Crippen molar-refractivity contribution >= 4 is 29.2 Å². The molecule has 0 saturated carbocycles. The highest BCUT2D eigenvalue weighted by Gasteiger charge is 2.22. The predicted octanol–water partition coefficient (Wildman–Crippen LogP) is 4.99. The third kappa shape index (κ3) is 5.28. The van der Waals surface area contributed by atoms with E-state index in [1.165, 1.54) is 18.2 Å². The van der Waals surface area contributed by atoms with Gasteiger partial charge in [0, 0.05) is 46.0 Å². The van der Waals surface area contributed by atoms with Crippen LogP contribution in [-0.4, -0.2) is 26.7 Å². The molecule has 0 atom stereocenters. The molecule has 0 unspecified atom stereocenters. The van der Waals surface area contributed by atoms with Crippen molar-refractivity contribution in [3.63, 3.8) is 0 Å². The molecule has 0 radical (unpaired) electrons. The van der Waals surface area contributed by atoms with Gasteiger partial charge in [0.1, 0.15) is 28.5 Å². The summed E-state index contributed by atoms with van der Waals surface area (Å²) in [6.45, 7) is 0.0767. The van der Waals surface area contributed by atoms with Crippen LogP contribution in [0.2, 0.25) is 5.02 Å². The fourth-order valence-corrected chi connectivity index (χ4v) is 4.58. The van der Waals surface area contributed by atoms with E-state index in [4.69, 9.17) is 26.9 Å². The maximum atomic E-state index is 10.0. The van der Waals surface area contributed by atoms with Crippen LogP contribution in [-0.2, 0) is 12.2 Å². The summed E-state index contributed by atoms with van der Waals surface area (Å²) in [5.74, 6) is 0.989. The molecule has 10 heteroatoms. The van der Waals surface area contributed by atoms with Crippen molar-refractivity contribution in [1.29, 1.82) is 10.5 Å². The Morgan fingerprint density at radius 2 is 1.77 bits per heavy atom. The van der Waals surface area contributed by atoms with Crippen LogP contribution in [0.4, 0.5) is 5.82 Å². The van der Waals surface area contributed by atoms with E-state index in [1.807, 2.05) is 18.2 Å². The van der Waals surface area contributed by atoms with Crippen LogP contribution < -0.4 is 5.73 Å². The van der Waals surface area contributed by atoms with Crippen LogP contribution in [0.25, 0.3) is 22.5 Å². The van der Waals surface area contributed by atoms with Crippen molar-refractivity contribution in [2.75, 3.05) is 12.3 Å². The van der Waals surface area contributed by atoms with Gasteiger partial charge in [-0.15, -0.1) is 0 Å². The molecule has 0 spiro atoms. The SMILES string of the molecule is N#Cc1c(N)nc(SCc2ncoc2-c2ccc(Cl)cc2)c(C#N)c1-c1ccc(CCCO)nc1. The van der Waals surface area contributed by atoms with Gasteiger partial charge in [0.25, 0.3) is 0 Å². The summed E-state index contributed by atoms with van der Waals surface area (Å²) in [7, 11) is 0. The first-order valence-corrected chi connectivity index (χ1v) is 11.9. The Hall–Kier alpha value is -3.89. The number of aromatic nitrogens is 3. The van der Waals surface area contributed by atoms with Crippen molar-refractivity contribution in [2.45, 2.75) is 23.6 Å². The van der Waals surface area contributed by atoms with Gasteiger partial charge in [0.2, 0.25) is 0 Å². The summed E-state index contributed by atoms with van der Waals surface area (Å²) in [5, 5.41) is 29.8. The van der Waals surface area contributed by atoms with E-state index in [-0.39, 0.29) is 23.6 Å². The van der Waals surface area contributed by atoms with Gasteiger partial charge >= 0.3 is 0 Å². The standard InChI is InChI=1S/C25H19ClN6O2S/c26-17-6-3-15(4-7-17)23-21(31-14-34-23)13-35-25-20(11-28)22(19(10-27)24(29)32-25)16-5-8-18(30-12-16)2-1-9-33/h3-8,12,14,33H,1-2,9,13H2,(H2,29,32). The number of nitrogens with two attached hydrogens (primary N) is 1. The molecule has 4 rings (SSSR count). The maximum Gasteiger partial charge on any atom is 0.181 e. The molecule has 0 aliphatic carbocycles. The van der Waals surface area contributed by atoms with Gasteiger partial charge in [-0.3, -0.25) is 4.98 Å². The Morgan fingerprint density at radius 3 is 2.43 bits per heavy atom. The van der Waals surface area contributed by atoms with Crippen molar-refractivity contribution in [1.82, 2.24) is 15.0 Å². The average molecular weight is 503 g/mol. The minimum absolute atomic E-state index is 0.0337. The Kier molecular flexibility index (Phi) is 7.64. The van der Waals surface area contributed by atoms with E-state index in [2.05, 4.69) is 27.1 Å². The fraction of sp³-hybridized carbons (Fsp3) is 0.160. The first kappa shape index (κ1) is 24.2. The number of nitrogen functional groups attached to an aromatic ring is 1. The molecular formula is C25H19ClN6O2S. The third-order valence-corrected chi connectivity index (χ3v) is 6.45. The highest BCUT2D eigenvalue weighted by Crippen LogP contribution is 2.37. The molecule has 1 aromatic carbocycles. The van der Waals surface area contributed by atoms with Crippen LogP contribution in [0.15, 0.2) is 58.4 Å². The molecule has 3 aromatic heterocycles. The van der Waals surface area contributed by atoms with E-state index in [9.17, 15) is 10.5 Å². The first-order chi connectivity index (χ1) is 17.0. The van der Waals surface area contributed by atoms with Gasteiger partial charge in [-0.05, 0) is 43.2 Å². The molecule has 0 bridgehead atoms. The highest BCUT2D eigenvalue weighted by molar-refractivity contribution is 7.98. The molecule has 0 fully saturated rings. The molecule has 0 saturated heterocycles. The number of nitriles is 2. The number of hydrogen-bond donors (Lipinski definition) is 2. The number of thioether (sulfide) groups is 1. The second-order valence-corrected chi connectivity index (χ2v) is 8.84. The second kappa shape index (κ2) is 11.0. The van der Waals surface area contributed by atoms with Crippen molar-refractivity contribution in [3.8, 4) is 34.6 Å². The molecular weight excluding hydrogens is 484 g/mol. The van der Waals surface area contributed by atoms with E-state index in [0.717, 1.165) is 11.3 Å². The third-order valence-electron chi connectivity index (χ3n) is 5.21.